The van der Waals surface area contributed by atoms with E-state index in [0.717, 1.165) is 0 Å². The summed E-state index contributed by atoms with van der Waals surface area (Å²) in [4.78, 5) is 4.11. The van der Waals surface area contributed by atoms with Crippen LogP contribution in [0.1, 0.15) is 6.42 Å². The molecule has 0 atom stereocenters. The van der Waals surface area contributed by atoms with E-state index >= 15 is 0 Å². The number of aromatic nitrogens is 4. The van der Waals surface area contributed by atoms with Gasteiger partial charge in [-0.3, -0.25) is 4.40 Å². The molecule has 0 aliphatic heterocycles. The maximum Gasteiger partial charge on any atom is 0.203 e. The minimum absolute atomic E-state index is 0.441. The van der Waals surface area contributed by atoms with Crippen molar-refractivity contribution >= 4 is 11.5 Å². The third-order valence-electron chi connectivity index (χ3n) is 1.75. The second-order valence-corrected chi connectivity index (χ2v) is 2.67. The zero-order chi connectivity index (χ0) is 9.80. The van der Waals surface area contributed by atoms with E-state index in [1.807, 2.05) is 6.07 Å². The van der Waals surface area contributed by atoms with Crippen LogP contribution in [0.5, 0.6) is 0 Å². The van der Waals surface area contributed by atoms with Crippen molar-refractivity contribution in [1.82, 2.24) is 19.6 Å². The van der Waals surface area contributed by atoms with Gasteiger partial charge in [0.1, 0.15) is 6.33 Å². The summed E-state index contributed by atoms with van der Waals surface area (Å²) >= 11 is 0. The minimum Gasteiger partial charge on any atom is -0.366 e. The van der Waals surface area contributed by atoms with Gasteiger partial charge in [0.25, 0.3) is 0 Å². The van der Waals surface area contributed by atoms with Gasteiger partial charge in [0.2, 0.25) is 5.65 Å². The lowest BCUT2D eigenvalue weighted by molar-refractivity contribution is 1.04. The molecule has 2 rings (SSSR count). The smallest absolute Gasteiger partial charge is 0.203 e. The average Bonchev–Trinajstić information content (AvgIpc) is 2.67. The Labute approximate surface area is 80.2 Å². The second kappa shape index (κ2) is 3.70. The molecule has 2 heterocycles. The molecule has 1 N–H and O–H groups in total. The van der Waals surface area contributed by atoms with Crippen LogP contribution < -0.4 is 5.32 Å². The predicted molar refractivity (Wildman–Crippen MR) is 49.5 cm³/mol. The van der Waals surface area contributed by atoms with E-state index < -0.39 is 0 Å². The molecule has 0 unspecified atom stereocenters. The van der Waals surface area contributed by atoms with Crippen molar-refractivity contribution in [1.29, 1.82) is 5.26 Å². The van der Waals surface area contributed by atoms with Crippen LogP contribution in [0.2, 0.25) is 0 Å². The van der Waals surface area contributed by atoms with Crippen molar-refractivity contribution in [3.63, 3.8) is 0 Å². The van der Waals surface area contributed by atoms with Crippen molar-refractivity contribution in [3.8, 4) is 6.07 Å². The van der Waals surface area contributed by atoms with Gasteiger partial charge in [-0.05, 0) is 0 Å². The van der Waals surface area contributed by atoms with E-state index in [1.54, 1.807) is 23.1 Å². The first kappa shape index (κ1) is 8.44. The molecule has 0 aliphatic rings. The molecule has 0 fully saturated rings. The molecule has 70 valence electrons. The SMILES string of the molecule is N#CCCNc1nccn2cnnc12. The standard InChI is InChI=1S/C8H8N6/c9-2-1-3-10-7-8-13-12-6-14(8)5-4-11-7/h4-6H,1,3H2,(H,10,11). The lowest BCUT2D eigenvalue weighted by Gasteiger charge is -2.02. The maximum absolute atomic E-state index is 8.37. The number of nitrogens with zero attached hydrogens (tertiary/aromatic N) is 5. The van der Waals surface area contributed by atoms with Gasteiger partial charge in [-0.1, -0.05) is 0 Å². The van der Waals surface area contributed by atoms with Gasteiger partial charge in [-0.25, -0.2) is 4.98 Å². The Kier molecular flexibility index (Phi) is 2.23. The highest BCUT2D eigenvalue weighted by molar-refractivity contribution is 5.61. The molecule has 0 saturated carbocycles. The molecule has 0 saturated heterocycles. The van der Waals surface area contributed by atoms with Crippen LogP contribution in [-0.4, -0.2) is 26.1 Å². The Morgan fingerprint density at radius 3 is 3.36 bits per heavy atom. The van der Waals surface area contributed by atoms with E-state index in [4.69, 9.17) is 5.26 Å². The van der Waals surface area contributed by atoms with Crippen molar-refractivity contribution in [2.24, 2.45) is 0 Å². The van der Waals surface area contributed by atoms with Crippen molar-refractivity contribution in [3.05, 3.63) is 18.7 Å². The van der Waals surface area contributed by atoms with Gasteiger partial charge in [0.05, 0.1) is 12.5 Å². The van der Waals surface area contributed by atoms with Crippen LogP contribution in [0.4, 0.5) is 5.82 Å². The fraction of sp³-hybridized carbons (Fsp3) is 0.250. The summed E-state index contributed by atoms with van der Waals surface area (Å²) in [7, 11) is 0. The summed E-state index contributed by atoms with van der Waals surface area (Å²) in [6.45, 7) is 0.566. The van der Waals surface area contributed by atoms with E-state index in [2.05, 4.69) is 20.5 Å². The fourth-order valence-corrected chi connectivity index (χ4v) is 1.12. The number of rotatable bonds is 3. The molecule has 0 radical (unpaired) electrons. The highest BCUT2D eigenvalue weighted by atomic mass is 15.2. The van der Waals surface area contributed by atoms with Crippen LogP contribution in [0.15, 0.2) is 18.7 Å². The molecular formula is C8H8N6. The molecule has 6 nitrogen and oxygen atoms in total. The molecule has 6 heteroatoms. The number of nitriles is 1. The molecule has 2 aromatic rings. The molecule has 0 aliphatic carbocycles. The first-order valence-electron chi connectivity index (χ1n) is 4.17. The largest absolute Gasteiger partial charge is 0.366 e. The number of nitrogens with one attached hydrogen (secondary N) is 1. The summed E-state index contributed by atoms with van der Waals surface area (Å²) in [5.41, 5.74) is 0.672. The summed E-state index contributed by atoms with van der Waals surface area (Å²) in [5, 5.41) is 19.1. The van der Waals surface area contributed by atoms with Gasteiger partial charge >= 0.3 is 0 Å². The number of hydrogen-bond donors (Lipinski definition) is 1. The minimum atomic E-state index is 0.441. The summed E-state index contributed by atoms with van der Waals surface area (Å²) in [6, 6.07) is 2.05. The second-order valence-electron chi connectivity index (χ2n) is 2.67. The Bertz CT molecular complexity index is 468. The van der Waals surface area contributed by atoms with E-state index in [1.165, 1.54) is 0 Å². The van der Waals surface area contributed by atoms with Crippen molar-refractivity contribution < 1.29 is 0 Å². The molecular weight excluding hydrogens is 180 g/mol. The Morgan fingerprint density at radius 1 is 1.57 bits per heavy atom. The predicted octanol–water partition coefficient (Wildman–Crippen LogP) is 0.450. The Balaban J connectivity index is 2.24. The first-order chi connectivity index (χ1) is 6.92. The zero-order valence-electron chi connectivity index (χ0n) is 7.38. The Morgan fingerprint density at radius 2 is 2.50 bits per heavy atom. The quantitative estimate of drug-likeness (QED) is 0.707. The molecule has 14 heavy (non-hydrogen) atoms. The maximum atomic E-state index is 8.37. The topological polar surface area (TPSA) is 78.9 Å². The molecule has 0 amide bonds. The van der Waals surface area contributed by atoms with Gasteiger partial charge < -0.3 is 5.32 Å². The number of fused-ring (bicyclic) bond motifs is 1. The lowest BCUT2D eigenvalue weighted by Crippen LogP contribution is -2.04. The molecule has 0 spiro atoms. The van der Waals surface area contributed by atoms with Crippen LogP contribution in [0.25, 0.3) is 5.65 Å². The molecule has 2 aromatic heterocycles. The van der Waals surface area contributed by atoms with Gasteiger partial charge in [-0.15, -0.1) is 10.2 Å². The monoisotopic (exact) mass is 188 g/mol. The third kappa shape index (κ3) is 1.47. The van der Waals surface area contributed by atoms with Crippen molar-refractivity contribution in [2.75, 3.05) is 11.9 Å². The van der Waals surface area contributed by atoms with Crippen LogP contribution in [0.3, 0.4) is 0 Å². The number of anilines is 1. The van der Waals surface area contributed by atoms with Crippen LogP contribution >= 0.6 is 0 Å². The zero-order valence-corrected chi connectivity index (χ0v) is 7.38. The van der Waals surface area contributed by atoms with E-state index in [9.17, 15) is 0 Å². The van der Waals surface area contributed by atoms with E-state index in [0.29, 0.717) is 24.4 Å². The normalized spacial score (nSPS) is 9.93. The van der Waals surface area contributed by atoms with Crippen LogP contribution in [0, 0.1) is 11.3 Å². The third-order valence-corrected chi connectivity index (χ3v) is 1.75. The summed E-state index contributed by atoms with van der Waals surface area (Å²) in [5.74, 6) is 0.653. The lowest BCUT2D eigenvalue weighted by atomic mass is 10.4. The number of hydrogen-bond acceptors (Lipinski definition) is 5. The Hall–Kier alpha value is -2.16. The average molecular weight is 188 g/mol. The highest BCUT2D eigenvalue weighted by Crippen LogP contribution is 2.08. The fourth-order valence-electron chi connectivity index (χ4n) is 1.12. The highest BCUT2D eigenvalue weighted by Gasteiger charge is 2.02. The summed E-state index contributed by atoms with van der Waals surface area (Å²) < 4.78 is 1.77. The van der Waals surface area contributed by atoms with E-state index in [-0.39, 0.29) is 0 Å². The van der Waals surface area contributed by atoms with Gasteiger partial charge in [-0.2, -0.15) is 5.26 Å². The molecule has 0 bridgehead atoms. The first-order valence-corrected chi connectivity index (χ1v) is 4.17. The van der Waals surface area contributed by atoms with Gasteiger partial charge in [0, 0.05) is 18.9 Å². The molecule has 0 aromatic carbocycles. The van der Waals surface area contributed by atoms with Crippen LogP contribution in [-0.2, 0) is 0 Å². The van der Waals surface area contributed by atoms with Gasteiger partial charge in [0.15, 0.2) is 5.82 Å². The van der Waals surface area contributed by atoms with Crippen molar-refractivity contribution in [2.45, 2.75) is 6.42 Å². The summed E-state index contributed by atoms with van der Waals surface area (Å²) in [6.07, 6.45) is 5.47.